The first-order valence-electron chi connectivity index (χ1n) is 8.50. The number of aromatic nitrogens is 1. The lowest BCUT2D eigenvalue weighted by Crippen LogP contribution is -2.14. The SMILES string of the molecule is COc1cc(NC(=O)CSc2nc3c(C)cccc3cc2C#N)cc(OC)c1. The predicted molar refractivity (Wildman–Crippen MR) is 110 cm³/mol. The van der Waals surface area contributed by atoms with E-state index in [1.54, 1.807) is 32.4 Å². The summed E-state index contributed by atoms with van der Waals surface area (Å²) in [5.74, 6) is 1.08. The van der Waals surface area contributed by atoms with Gasteiger partial charge in [-0.05, 0) is 18.6 Å². The molecule has 6 nitrogen and oxygen atoms in total. The van der Waals surface area contributed by atoms with Crippen LogP contribution in [0.1, 0.15) is 11.1 Å². The minimum absolute atomic E-state index is 0.124. The molecular formula is C21H19N3O3S. The number of anilines is 1. The highest BCUT2D eigenvalue weighted by Gasteiger charge is 2.12. The number of amides is 1. The molecule has 1 amide bonds. The fraction of sp³-hybridized carbons (Fsp3) is 0.190. The van der Waals surface area contributed by atoms with Gasteiger partial charge in [-0.25, -0.2) is 4.98 Å². The van der Waals surface area contributed by atoms with E-state index in [1.807, 2.05) is 31.2 Å². The van der Waals surface area contributed by atoms with Crippen molar-refractivity contribution in [2.45, 2.75) is 11.9 Å². The molecule has 0 aliphatic rings. The summed E-state index contributed by atoms with van der Waals surface area (Å²) >= 11 is 1.23. The number of nitriles is 1. The molecule has 0 radical (unpaired) electrons. The van der Waals surface area contributed by atoms with Crippen LogP contribution in [-0.4, -0.2) is 30.9 Å². The van der Waals surface area contributed by atoms with Gasteiger partial charge in [0.1, 0.15) is 22.6 Å². The van der Waals surface area contributed by atoms with Gasteiger partial charge < -0.3 is 14.8 Å². The molecule has 2 aromatic carbocycles. The molecule has 0 spiro atoms. The number of rotatable bonds is 6. The Morgan fingerprint density at radius 1 is 1.18 bits per heavy atom. The first-order valence-corrected chi connectivity index (χ1v) is 9.49. The number of para-hydroxylation sites is 1. The zero-order valence-electron chi connectivity index (χ0n) is 15.8. The monoisotopic (exact) mass is 393 g/mol. The number of carbonyl (C=O) groups is 1. The van der Waals surface area contributed by atoms with Crippen LogP contribution in [0.3, 0.4) is 0 Å². The normalized spacial score (nSPS) is 10.4. The van der Waals surface area contributed by atoms with Crippen LogP contribution in [0.15, 0.2) is 47.5 Å². The van der Waals surface area contributed by atoms with Gasteiger partial charge in [0.05, 0.1) is 31.1 Å². The van der Waals surface area contributed by atoms with Crippen LogP contribution in [0, 0.1) is 18.3 Å². The largest absolute Gasteiger partial charge is 0.497 e. The van der Waals surface area contributed by atoms with Crippen LogP contribution in [-0.2, 0) is 4.79 Å². The Hall–Kier alpha value is -3.24. The first-order chi connectivity index (χ1) is 13.5. The Bertz CT molecular complexity index is 1050. The number of benzene rings is 2. The number of methoxy groups -OCH3 is 2. The molecule has 7 heteroatoms. The summed E-state index contributed by atoms with van der Waals surface area (Å²) < 4.78 is 10.4. The lowest BCUT2D eigenvalue weighted by molar-refractivity contribution is -0.113. The maximum absolute atomic E-state index is 12.4. The number of aryl methyl sites for hydroxylation is 1. The molecule has 1 heterocycles. The standard InChI is InChI=1S/C21H19N3O3S/c1-13-5-4-6-14-7-15(11-22)21(24-20(13)14)28-12-19(25)23-16-8-17(26-2)10-18(9-16)27-3/h4-10H,12H2,1-3H3,(H,23,25). The number of hydrogen-bond acceptors (Lipinski definition) is 6. The molecule has 0 aliphatic heterocycles. The van der Waals surface area contributed by atoms with Gasteiger partial charge >= 0.3 is 0 Å². The fourth-order valence-corrected chi connectivity index (χ4v) is 3.49. The molecule has 0 unspecified atom stereocenters. The summed E-state index contributed by atoms with van der Waals surface area (Å²) in [5, 5.41) is 13.7. The summed E-state index contributed by atoms with van der Waals surface area (Å²) in [4.78, 5) is 17.0. The highest BCUT2D eigenvalue weighted by Crippen LogP contribution is 2.28. The van der Waals surface area contributed by atoms with Gasteiger partial charge in [0.25, 0.3) is 0 Å². The molecule has 142 valence electrons. The van der Waals surface area contributed by atoms with E-state index >= 15 is 0 Å². The average molecular weight is 393 g/mol. The van der Waals surface area contributed by atoms with Crippen molar-refractivity contribution in [1.29, 1.82) is 5.26 Å². The third-order valence-electron chi connectivity index (χ3n) is 4.11. The number of hydrogen-bond donors (Lipinski definition) is 1. The Balaban J connectivity index is 1.76. The van der Waals surface area contributed by atoms with Crippen molar-refractivity contribution in [2.75, 3.05) is 25.3 Å². The molecular weight excluding hydrogens is 374 g/mol. The van der Waals surface area contributed by atoms with Gasteiger partial charge in [-0.15, -0.1) is 0 Å². The van der Waals surface area contributed by atoms with Crippen LogP contribution in [0.4, 0.5) is 5.69 Å². The van der Waals surface area contributed by atoms with Crippen LogP contribution in [0.25, 0.3) is 10.9 Å². The summed E-state index contributed by atoms with van der Waals surface area (Å²) in [6.45, 7) is 1.97. The van der Waals surface area contributed by atoms with E-state index in [0.717, 1.165) is 16.5 Å². The molecule has 3 aromatic rings. The number of nitrogens with one attached hydrogen (secondary N) is 1. The predicted octanol–water partition coefficient (Wildman–Crippen LogP) is 4.16. The summed E-state index contributed by atoms with van der Waals surface area (Å²) in [6, 6.07) is 15.0. The second kappa shape index (κ2) is 8.63. The van der Waals surface area contributed by atoms with Crippen LogP contribution in [0.2, 0.25) is 0 Å². The lowest BCUT2D eigenvalue weighted by atomic mass is 10.1. The molecule has 28 heavy (non-hydrogen) atoms. The lowest BCUT2D eigenvalue weighted by Gasteiger charge is -2.10. The first kappa shape index (κ1) is 19.5. The minimum Gasteiger partial charge on any atom is -0.497 e. The van der Waals surface area contributed by atoms with Crippen molar-refractivity contribution in [3.05, 3.63) is 53.6 Å². The smallest absolute Gasteiger partial charge is 0.234 e. The Morgan fingerprint density at radius 3 is 2.54 bits per heavy atom. The Morgan fingerprint density at radius 2 is 1.89 bits per heavy atom. The molecule has 0 saturated carbocycles. The Labute approximate surface area is 167 Å². The molecule has 0 saturated heterocycles. The number of pyridine rings is 1. The third kappa shape index (κ3) is 4.35. The van der Waals surface area contributed by atoms with Gasteiger partial charge in [-0.1, -0.05) is 30.0 Å². The van der Waals surface area contributed by atoms with Crippen molar-refractivity contribution in [3.8, 4) is 17.6 Å². The maximum atomic E-state index is 12.4. The summed E-state index contributed by atoms with van der Waals surface area (Å²) in [7, 11) is 3.10. The van der Waals surface area contributed by atoms with E-state index in [-0.39, 0.29) is 11.7 Å². The van der Waals surface area contributed by atoms with E-state index in [9.17, 15) is 10.1 Å². The second-order valence-electron chi connectivity index (χ2n) is 6.04. The van der Waals surface area contributed by atoms with Crippen LogP contribution >= 0.6 is 11.8 Å². The van der Waals surface area contributed by atoms with Crippen LogP contribution < -0.4 is 14.8 Å². The third-order valence-corrected chi connectivity index (χ3v) is 5.10. The van der Waals surface area contributed by atoms with Crippen molar-refractivity contribution in [1.82, 2.24) is 4.98 Å². The van der Waals surface area contributed by atoms with Gasteiger partial charge in [0, 0.05) is 29.3 Å². The van der Waals surface area contributed by atoms with E-state index in [4.69, 9.17) is 9.47 Å². The van der Waals surface area contributed by atoms with E-state index in [0.29, 0.717) is 27.8 Å². The molecule has 1 aromatic heterocycles. The summed E-state index contributed by atoms with van der Waals surface area (Å²) in [5.41, 5.74) is 2.89. The number of ether oxygens (including phenoxy) is 2. The van der Waals surface area contributed by atoms with Crippen molar-refractivity contribution >= 4 is 34.3 Å². The quantitative estimate of drug-likeness (QED) is 0.633. The van der Waals surface area contributed by atoms with Gasteiger partial charge in [-0.3, -0.25) is 4.79 Å². The van der Waals surface area contributed by atoms with Gasteiger partial charge in [-0.2, -0.15) is 5.26 Å². The van der Waals surface area contributed by atoms with E-state index in [1.165, 1.54) is 11.8 Å². The highest BCUT2D eigenvalue weighted by molar-refractivity contribution is 8.00. The molecule has 0 fully saturated rings. The van der Waals surface area contributed by atoms with Crippen molar-refractivity contribution < 1.29 is 14.3 Å². The van der Waals surface area contributed by atoms with E-state index < -0.39 is 0 Å². The minimum atomic E-state index is -0.212. The molecule has 3 rings (SSSR count). The number of nitrogens with zero attached hydrogens (tertiary/aromatic N) is 2. The van der Waals surface area contributed by atoms with Gasteiger partial charge in [0.15, 0.2) is 0 Å². The molecule has 0 atom stereocenters. The zero-order valence-corrected chi connectivity index (χ0v) is 16.6. The topological polar surface area (TPSA) is 84.2 Å². The summed E-state index contributed by atoms with van der Waals surface area (Å²) in [6.07, 6.45) is 0. The fourth-order valence-electron chi connectivity index (χ4n) is 2.73. The zero-order chi connectivity index (χ0) is 20.1. The van der Waals surface area contributed by atoms with Crippen molar-refractivity contribution in [2.24, 2.45) is 0 Å². The number of fused-ring (bicyclic) bond motifs is 1. The number of thioether (sulfide) groups is 1. The molecule has 0 aliphatic carbocycles. The van der Waals surface area contributed by atoms with E-state index in [2.05, 4.69) is 16.4 Å². The Kier molecular flexibility index (Phi) is 6.02. The van der Waals surface area contributed by atoms with Gasteiger partial charge in [0.2, 0.25) is 5.91 Å². The highest BCUT2D eigenvalue weighted by atomic mass is 32.2. The van der Waals surface area contributed by atoms with Crippen molar-refractivity contribution in [3.63, 3.8) is 0 Å². The molecule has 0 bridgehead atoms. The molecule has 1 N–H and O–H groups in total. The van der Waals surface area contributed by atoms with Crippen LogP contribution in [0.5, 0.6) is 11.5 Å². The number of carbonyl (C=O) groups excluding carboxylic acids is 1. The second-order valence-corrected chi connectivity index (χ2v) is 7.00. The maximum Gasteiger partial charge on any atom is 0.234 e. The average Bonchev–Trinajstić information content (AvgIpc) is 2.71.